The van der Waals surface area contributed by atoms with Crippen LogP contribution in [0.4, 0.5) is 0 Å². The van der Waals surface area contributed by atoms with Gasteiger partial charge in [-0.05, 0) is 35.4 Å². The lowest BCUT2D eigenvalue weighted by molar-refractivity contribution is 0.176. The zero-order valence-corrected chi connectivity index (χ0v) is 16.8. The minimum absolute atomic E-state index is 0.119. The van der Waals surface area contributed by atoms with Crippen LogP contribution < -0.4 is 4.74 Å². The van der Waals surface area contributed by atoms with Gasteiger partial charge in [-0.25, -0.2) is 0 Å². The van der Waals surface area contributed by atoms with E-state index in [1.807, 2.05) is 24.4 Å². The van der Waals surface area contributed by atoms with Crippen LogP contribution >= 0.6 is 0 Å². The average Bonchev–Trinajstić information content (AvgIpc) is 3.24. The van der Waals surface area contributed by atoms with Gasteiger partial charge in [-0.2, -0.15) is 0 Å². The third kappa shape index (κ3) is 3.46. The molecule has 30 heavy (non-hydrogen) atoms. The second-order valence-electron chi connectivity index (χ2n) is 7.39. The lowest BCUT2D eigenvalue weighted by Crippen LogP contribution is -2.37. The number of aromatic nitrogens is 4. The fourth-order valence-corrected chi connectivity index (χ4v) is 4.17. The van der Waals surface area contributed by atoms with Crippen molar-refractivity contribution in [2.24, 2.45) is 0 Å². The fourth-order valence-electron chi connectivity index (χ4n) is 4.17. The molecule has 0 bridgehead atoms. The molecule has 0 fully saturated rings. The average molecular weight is 397 g/mol. The van der Waals surface area contributed by atoms with E-state index in [4.69, 9.17) is 4.74 Å². The Balaban J connectivity index is 1.50. The molecule has 2 aromatic heterocycles. The summed E-state index contributed by atoms with van der Waals surface area (Å²) in [6, 6.07) is 23.0. The van der Waals surface area contributed by atoms with Crippen LogP contribution in [0.15, 0.2) is 79.1 Å². The molecule has 150 valence electrons. The third-order valence-corrected chi connectivity index (χ3v) is 5.59. The molecule has 0 aliphatic carbocycles. The molecular weight excluding hydrogens is 374 g/mol. The van der Waals surface area contributed by atoms with Crippen LogP contribution in [0.5, 0.6) is 5.75 Å². The highest BCUT2D eigenvalue weighted by Gasteiger charge is 2.29. The number of pyridine rings is 1. The van der Waals surface area contributed by atoms with Crippen LogP contribution in [0.2, 0.25) is 0 Å². The molecule has 1 atom stereocenters. The van der Waals surface area contributed by atoms with E-state index in [2.05, 4.69) is 73.2 Å². The van der Waals surface area contributed by atoms with Gasteiger partial charge in [-0.1, -0.05) is 42.5 Å². The Bertz CT molecular complexity index is 1130. The molecule has 0 radical (unpaired) electrons. The normalized spacial score (nSPS) is 14.8. The van der Waals surface area contributed by atoms with Gasteiger partial charge in [0.2, 0.25) is 0 Å². The van der Waals surface area contributed by atoms with Gasteiger partial charge in [0.25, 0.3) is 0 Å². The van der Waals surface area contributed by atoms with E-state index in [0.717, 1.165) is 42.6 Å². The first kappa shape index (κ1) is 18.5. The summed E-state index contributed by atoms with van der Waals surface area (Å²) < 4.78 is 7.70. The van der Waals surface area contributed by atoms with Crippen molar-refractivity contribution in [1.82, 2.24) is 24.6 Å². The summed E-state index contributed by atoms with van der Waals surface area (Å²) in [5, 5.41) is 8.97. The van der Waals surface area contributed by atoms with E-state index in [0.29, 0.717) is 0 Å². The van der Waals surface area contributed by atoms with Crippen molar-refractivity contribution < 1.29 is 4.74 Å². The Hall–Kier alpha value is -3.51. The van der Waals surface area contributed by atoms with E-state index in [1.54, 1.807) is 13.3 Å². The van der Waals surface area contributed by atoms with Crippen molar-refractivity contribution in [2.45, 2.75) is 19.1 Å². The van der Waals surface area contributed by atoms with E-state index in [-0.39, 0.29) is 6.04 Å². The Kier molecular flexibility index (Phi) is 4.99. The number of benzene rings is 2. The molecule has 0 saturated carbocycles. The lowest BCUT2D eigenvalue weighted by Gasteiger charge is -2.35. The van der Waals surface area contributed by atoms with E-state index in [1.165, 1.54) is 11.1 Å². The number of rotatable bonds is 5. The molecule has 4 aromatic rings. The van der Waals surface area contributed by atoms with Gasteiger partial charge in [0.05, 0.1) is 19.7 Å². The number of methoxy groups -OCH3 is 1. The lowest BCUT2D eigenvalue weighted by atomic mass is 9.96. The van der Waals surface area contributed by atoms with Crippen LogP contribution in [-0.2, 0) is 13.1 Å². The smallest absolute Gasteiger partial charge is 0.165 e. The van der Waals surface area contributed by atoms with Gasteiger partial charge in [0.1, 0.15) is 11.6 Å². The van der Waals surface area contributed by atoms with E-state index in [9.17, 15) is 0 Å². The molecule has 0 spiro atoms. The zero-order valence-electron chi connectivity index (χ0n) is 16.8. The number of ether oxygens (including phenoxy) is 1. The Labute approximate surface area is 175 Å². The SMILES string of the molecule is COc1cccc(C(c2ccccc2)N2CCn3c(nnc3-c3cccnc3)C2)c1. The number of hydrogen-bond acceptors (Lipinski definition) is 5. The molecule has 3 heterocycles. The first-order chi connectivity index (χ1) is 14.8. The molecule has 0 amide bonds. The second-order valence-corrected chi connectivity index (χ2v) is 7.39. The first-order valence-corrected chi connectivity index (χ1v) is 10.1. The van der Waals surface area contributed by atoms with Crippen molar-refractivity contribution in [3.63, 3.8) is 0 Å². The summed E-state index contributed by atoms with van der Waals surface area (Å²) in [6.45, 7) is 2.46. The van der Waals surface area contributed by atoms with Gasteiger partial charge in [0.15, 0.2) is 5.82 Å². The van der Waals surface area contributed by atoms with Crippen molar-refractivity contribution in [2.75, 3.05) is 13.7 Å². The highest BCUT2D eigenvalue weighted by molar-refractivity contribution is 5.53. The van der Waals surface area contributed by atoms with Crippen LogP contribution in [-0.4, -0.2) is 38.3 Å². The summed E-state index contributed by atoms with van der Waals surface area (Å²) in [4.78, 5) is 6.68. The van der Waals surface area contributed by atoms with Crippen molar-refractivity contribution in [3.8, 4) is 17.1 Å². The number of nitrogens with zero attached hydrogens (tertiary/aromatic N) is 5. The zero-order chi connectivity index (χ0) is 20.3. The van der Waals surface area contributed by atoms with Gasteiger partial charge < -0.3 is 9.30 Å². The summed E-state index contributed by atoms with van der Waals surface area (Å²) in [6.07, 6.45) is 3.62. The maximum absolute atomic E-state index is 5.49. The molecular formula is C24H23N5O. The second kappa shape index (κ2) is 8.08. The molecule has 6 heteroatoms. The molecule has 2 aromatic carbocycles. The molecule has 6 nitrogen and oxygen atoms in total. The molecule has 1 unspecified atom stereocenters. The highest BCUT2D eigenvalue weighted by atomic mass is 16.5. The standard InChI is InChI=1S/C24H23N5O/c1-30-21-11-5-9-19(15-21)23(18-7-3-2-4-8-18)28-13-14-29-22(17-28)26-27-24(29)20-10-6-12-25-16-20/h2-12,15-16,23H,13-14,17H2,1H3. The number of fused-ring (bicyclic) bond motifs is 1. The van der Waals surface area contributed by atoms with Crippen LogP contribution in [0, 0.1) is 0 Å². The van der Waals surface area contributed by atoms with Crippen LogP contribution in [0.1, 0.15) is 23.0 Å². The van der Waals surface area contributed by atoms with Crippen LogP contribution in [0.25, 0.3) is 11.4 Å². The number of hydrogen-bond donors (Lipinski definition) is 0. The Morgan fingerprint density at radius 1 is 0.900 bits per heavy atom. The van der Waals surface area contributed by atoms with Crippen molar-refractivity contribution >= 4 is 0 Å². The summed E-state index contributed by atoms with van der Waals surface area (Å²) >= 11 is 0. The summed E-state index contributed by atoms with van der Waals surface area (Å²) in [5.74, 6) is 2.73. The van der Waals surface area contributed by atoms with Crippen molar-refractivity contribution in [1.29, 1.82) is 0 Å². The first-order valence-electron chi connectivity index (χ1n) is 10.1. The topological polar surface area (TPSA) is 56.1 Å². The molecule has 0 N–H and O–H groups in total. The maximum atomic E-state index is 5.49. The highest BCUT2D eigenvalue weighted by Crippen LogP contribution is 2.33. The predicted octanol–water partition coefficient (Wildman–Crippen LogP) is 3.95. The van der Waals surface area contributed by atoms with E-state index >= 15 is 0 Å². The Morgan fingerprint density at radius 3 is 2.57 bits per heavy atom. The molecule has 1 aliphatic rings. The summed E-state index contributed by atoms with van der Waals surface area (Å²) in [5.41, 5.74) is 3.46. The van der Waals surface area contributed by atoms with Crippen LogP contribution in [0.3, 0.4) is 0 Å². The third-order valence-electron chi connectivity index (χ3n) is 5.59. The molecule has 5 rings (SSSR count). The quantitative estimate of drug-likeness (QED) is 0.510. The Morgan fingerprint density at radius 2 is 1.77 bits per heavy atom. The largest absolute Gasteiger partial charge is 0.497 e. The predicted molar refractivity (Wildman–Crippen MR) is 115 cm³/mol. The van der Waals surface area contributed by atoms with Gasteiger partial charge in [0, 0.05) is 31.0 Å². The molecule has 1 aliphatic heterocycles. The van der Waals surface area contributed by atoms with Gasteiger partial charge >= 0.3 is 0 Å². The summed E-state index contributed by atoms with van der Waals surface area (Å²) in [7, 11) is 1.71. The minimum Gasteiger partial charge on any atom is -0.497 e. The minimum atomic E-state index is 0.119. The van der Waals surface area contributed by atoms with Gasteiger partial charge in [-0.15, -0.1) is 10.2 Å². The van der Waals surface area contributed by atoms with E-state index < -0.39 is 0 Å². The fraction of sp³-hybridized carbons (Fsp3) is 0.208. The van der Waals surface area contributed by atoms with Crippen molar-refractivity contribution in [3.05, 3.63) is 96.1 Å². The monoisotopic (exact) mass is 397 g/mol. The molecule has 0 saturated heterocycles. The van der Waals surface area contributed by atoms with Gasteiger partial charge in [-0.3, -0.25) is 9.88 Å². The maximum Gasteiger partial charge on any atom is 0.165 e.